The Morgan fingerprint density at radius 2 is 0.838 bits per heavy atom. The summed E-state index contributed by atoms with van der Waals surface area (Å²) in [4.78, 5) is 4.70. The molecule has 0 aromatic heterocycles. The van der Waals surface area contributed by atoms with Crippen LogP contribution >= 0.6 is 0 Å². The predicted molar refractivity (Wildman–Crippen MR) is 274 cm³/mol. The molecule has 0 amide bonds. The fourth-order valence-electron chi connectivity index (χ4n) is 10.00. The van der Waals surface area contributed by atoms with Gasteiger partial charge in [-0.2, -0.15) is 0 Å². The molecule has 12 rings (SSSR count). The Labute approximate surface area is 398 Å². The second-order valence-corrected chi connectivity index (χ2v) is 19.3. The van der Waals surface area contributed by atoms with E-state index in [9.17, 15) is 8.78 Å². The van der Waals surface area contributed by atoms with Crippen molar-refractivity contribution >= 4 is 81.1 Å². The molecule has 0 unspecified atom stereocenters. The Morgan fingerprint density at radius 3 is 1.37 bits per heavy atom. The molecule has 324 valence electrons. The first kappa shape index (κ1) is 41.5. The minimum absolute atomic E-state index is 0.246. The molecule has 0 bridgehead atoms. The zero-order chi connectivity index (χ0) is 45.9. The molecule has 2 heterocycles. The molecular formula is C60H37BF4N2Se. The van der Waals surface area contributed by atoms with E-state index >= 15 is 8.78 Å². The molecule has 0 fully saturated rings. The van der Waals surface area contributed by atoms with Gasteiger partial charge >= 0.3 is 401 Å². The molecule has 68 heavy (non-hydrogen) atoms. The monoisotopic (exact) mass is 952 g/mol. The van der Waals surface area contributed by atoms with Crippen molar-refractivity contribution in [2.45, 2.75) is 0 Å². The molecule has 2 aliphatic heterocycles. The Balaban J connectivity index is 1.21. The quantitative estimate of drug-likeness (QED) is 0.111. The third-order valence-electron chi connectivity index (χ3n) is 12.9. The molecule has 10 aromatic carbocycles. The van der Waals surface area contributed by atoms with E-state index in [1.54, 1.807) is 0 Å². The second-order valence-electron chi connectivity index (χ2n) is 17.0. The predicted octanol–water partition coefficient (Wildman–Crippen LogP) is 12.6. The van der Waals surface area contributed by atoms with Crippen LogP contribution in [0.25, 0.3) is 44.5 Å². The maximum absolute atomic E-state index is 15.1. The Hall–Kier alpha value is -7.90. The zero-order valence-corrected chi connectivity index (χ0v) is 38.0. The third-order valence-corrected chi connectivity index (χ3v) is 15.3. The summed E-state index contributed by atoms with van der Waals surface area (Å²) < 4.78 is 62.2. The first-order valence-corrected chi connectivity index (χ1v) is 24.1. The number of fused-ring (bicyclic) bond motifs is 4. The van der Waals surface area contributed by atoms with E-state index in [4.69, 9.17) is 0 Å². The van der Waals surface area contributed by atoms with Gasteiger partial charge in [0.05, 0.1) is 0 Å². The van der Waals surface area contributed by atoms with Gasteiger partial charge in [0.15, 0.2) is 0 Å². The normalized spacial score (nSPS) is 12.3. The van der Waals surface area contributed by atoms with Crippen molar-refractivity contribution in [3.05, 3.63) is 248 Å². The topological polar surface area (TPSA) is 6.48 Å². The summed E-state index contributed by atoms with van der Waals surface area (Å²) in [6.45, 7) is -0.381. The van der Waals surface area contributed by atoms with E-state index in [1.807, 2.05) is 36.4 Å². The van der Waals surface area contributed by atoms with E-state index in [0.717, 1.165) is 89.4 Å². The van der Waals surface area contributed by atoms with Crippen LogP contribution in [0.15, 0.2) is 224 Å². The van der Waals surface area contributed by atoms with Crippen LogP contribution in [0.3, 0.4) is 0 Å². The average Bonchev–Trinajstić information content (AvgIpc) is 3.36. The van der Waals surface area contributed by atoms with Gasteiger partial charge in [-0.3, -0.25) is 0 Å². The molecule has 0 saturated carbocycles. The standard InChI is InChI=1S/C60H37BF4N2Se/c62-44-28-42(29-45(63)34-44)40-24-26-55-53(32-40)61-54-33-41(43-30-46(64)35-47(65)31-43)25-27-57(54)68-58-37-50(66(48-18-9-3-10-19-48)49-20-11-4-12-21-49)36-56(59(58)61)67(55)60-51(38-14-5-1-6-15-38)22-13-23-52(60)39-16-7-2-8-17-39/h1-37H. The molecule has 0 spiro atoms. The number of benzene rings is 10. The van der Waals surface area contributed by atoms with Crippen molar-refractivity contribution in [1.82, 2.24) is 0 Å². The van der Waals surface area contributed by atoms with Crippen LogP contribution in [0.2, 0.25) is 0 Å². The number of para-hydroxylation sites is 3. The molecule has 2 aliphatic rings. The van der Waals surface area contributed by atoms with Crippen molar-refractivity contribution in [3.8, 4) is 44.5 Å². The van der Waals surface area contributed by atoms with Crippen LogP contribution in [0.5, 0.6) is 0 Å². The maximum atomic E-state index is 15.1. The number of nitrogens with zero attached hydrogens (tertiary/aromatic N) is 2. The van der Waals surface area contributed by atoms with Gasteiger partial charge in [0.1, 0.15) is 0 Å². The summed E-state index contributed by atoms with van der Waals surface area (Å²) in [6, 6.07) is 72.1. The Kier molecular flexibility index (Phi) is 10.4. The van der Waals surface area contributed by atoms with Gasteiger partial charge in [-0.05, 0) is 0 Å². The van der Waals surface area contributed by atoms with Crippen molar-refractivity contribution < 1.29 is 17.6 Å². The number of anilines is 6. The number of hydrogen-bond donors (Lipinski definition) is 0. The van der Waals surface area contributed by atoms with Crippen LogP contribution in [0.1, 0.15) is 0 Å². The van der Waals surface area contributed by atoms with Crippen molar-refractivity contribution in [3.63, 3.8) is 0 Å². The van der Waals surface area contributed by atoms with E-state index in [-0.39, 0.29) is 21.7 Å². The SMILES string of the molecule is Fc1cc(F)cc(-c2ccc3c(c2)B2c4cc(-c5cc(F)cc(F)c5)ccc4N(c4c(-c5ccccc5)cccc4-c4ccccc4)c4cc(N(c5ccccc5)c5ccccc5)cc(c42)[Se]3)c1. The van der Waals surface area contributed by atoms with Crippen molar-refractivity contribution in [2.24, 2.45) is 0 Å². The fourth-order valence-corrected chi connectivity index (χ4v) is 12.5. The summed E-state index contributed by atoms with van der Waals surface area (Å²) in [6.07, 6.45) is 0. The molecule has 0 saturated heterocycles. The third kappa shape index (κ3) is 7.39. The number of hydrogen-bond acceptors (Lipinski definition) is 2. The molecular weight excluding hydrogens is 914 g/mol. The van der Waals surface area contributed by atoms with E-state index < -0.39 is 23.3 Å². The van der Waals surface area contributed by atoms with Gasteiger partial charge in [-0.25, -0.2) is 0 Å². The second kappa shape index (κ2) is 17.1. The van der Waals surface area contributed by atoms with Gasteiger partial charge in [-0.15, -0.1) is 0 Å². The van der Waals surface area contributed by atoms with Gasteiger partial charge in [-0.1, -0.05) is 0 Å². The van der Waals surface area contributed by atoms with E-state index in [1.165, 1.54) is 28.7 Å². The molecule has 0 atom stereocenters. The van der Waals surface area contributed by atoms with Crippen LogP contribution in [0, 0.1) is 23.3 Å². The summed E-state index contributed by atoms with van der Waals surface area (Å²) in [5, 5.41) is 0. The summed E-state index contributed by atoms with van der Waals surface area (Å²) in [7, 11) is 0. The molecule has 10 aromatic rings. The number of rotatable bonds is 8. The average molecular weight is 952 g/mol. The van der Waals surface area contributed by atoms with Crippen molar-refractivity contribution in [1.29, 1.82) is 0 Å². The van der Waals surface area contributed by atoms with Crippen LogP contribution in [0.4, 0.5) is 51.7 Å². The summed E-state index contributed by atoms with van der Waals surface area (Å²) in [5.74, 6) is -2.63. The van der Waals surface area contributed by atoms with Gasteiger partial charge < -0.3 is 0 Å². The molecule has 2 nitrogen and oxygen atoms in total. The molecule has 0 N–H and O–H groups in total. The zero-order valence-electron chi connectivity index (χ0n) is 36.3. The Morgan fingerprint density at radius 1 is 0.353 bits per heavy atom. The summed E-state index contributed by atoms with van der Waals surface area (Å²) >= 11 is -0.246. The van der Waals surface area contributed by atoms with Gasteiger partial charge in [0.2, 0.25) is 0 Å². The Bertz CT molecular complexity index is 3420. The first-order valence-electron chi connectivity index (χ1n) is 22.4. The minimum atomic E-state index is -0.664. The fraction of sp³-hybridized carbons (Fsp3) is 0. The van der Waals surface area contributed by atoms with Crippen LogP contribution in [-0.2, 0) is 0 Å². The molecule has 0 radical (unpaired) electrons. The van der Waals surface area contributed by atoms with Crippen LogP contribution in [-0.4, -0.2) is 21.7 Å². The van der Waals surface area contributed by atoms with E-state index in [2.05, 4.69) is 161 Å². The van der Waals surface area contributed by atoms with Crippen LogP contribution < -0.4 is 35.1 Å². The van der Waals surface area contributed by atoms with Crippen molar-refractivity contribution in [2.75, 3.05) is 9.80 Å². The van der Waals surface area contributed by atoms with Gasteiger partial charge in [0, 0.05) is 0 Å². The van der Waals surface area contributed by atoms with Gasteiger partial charge in [0.25, 0.3) is 0 Å². The molecule has 8 heteroatoms. The van der Waals surface area contributed by atoms with E-state index in [0.29, 0.717) is 22.3 Å². The number of halogens is 4. The molecule has 0 aliphatic carbocycles. The first-order chi connectivity index (χ1) is 33.3. The summed E-state index contributed by atoms with van der Waals surface area (Å²) in [5.41, 5.74) is 15.2.